The average Bonchev–Trinajstić information content (AvgIpc) is 2.71. The second-order valence-corrected chi connectivity index (χ2v) is 11.6. The van der Waals surface area contributed by atoms with Gasteiger partial charge in [0.2, 0.25) is 5.88 Å². The van der Waals surface area contributed by atoms with Gasteiger partial charge in [-0.2, -0.15) is 0 Å². The van der Waals surface area contributed by atoms with Crippen LogP contribution in [0.1, 0.15) is 79.7 Å². The number of carbonyl (C=O) groups is 1. The summed E-state index contributed by atoms with van der Waals surface area (Å²) in [4.78, 5) is 17.0. The van der Waals surface area contributed by atoms with Crippen LogP contribution in [0.4, 0.5) is 4.79 Å². The monoisotopic (exact) mass is 456 g/mol. The third kappa shape index (κ3) is 6.59. The molecule has 1 fully saturated rings. The number of benzene rings is 1. The minimum atomic E-state index is -0.975. The van der Waals surface area contributed by atoms with Crippen molar-refractivity contribution in [3.05, 3.63) is 35.9 Å². The largest absolute Gasteiger partial charge is 0.474 e. The van der Waals surface area contributed by atoms with Crippen LogP contribution in [0.25, 0.3) is 10.9 Å². The number of alkyl carbamates (subject to hydrolysis) is 1. The standard InChI is InChI=1S/C27H40N2O4/c1-25(2,3)19-9-12-21(13-10-19)32-23-15-8-18-16-20(11-14-22(18)28-23)27(7,17-30)29-24(31)33-26(4,5)6/h8,11,14-16,19,21,30H,9-10,12-13,17H2,1-7H3,(H,29,31)/t19?,21?,27-/m0/s1. The summed E-state index contributed by atoms with van der Waals surface area (Å²) in [5, 5.41) is 13.8. The minimum absolute atomic E-state index is 0.212. The van der Waals surface area contributed by atoms with Crippen molar-refractivity contribution in [1.29, 1.82) is 0 Å². The average molecular weight is 457 g/mol. The first-order chi connectivity index (χ1) is 15.3. The van der Waals surface area contributed by atoms with Crippen molar-refractivity contribution in [2.45, 2.75) is 91.4 Å². The van der Waals surface area contributed by atoms with Crippen molar-refractivity contribution in [1.82, 2.24) is 10.3 Å². The van der Waals surface area contributed by atoms with Crippen LogP contribution >= 0.6 is 0 Å². The second kappa shape index (κ2) is 9.49. The predicted octanol–water partition coefficient (Wildman–Crippen LogP) is 5.95. The van der Waals surface area contributed by atoms with Crippen molar-refractivity contribution in [2.24, 2.45) is 11.3 Å². The van der Waals surface area contributed by atoms with Gasteiger partial charge in [-0.1, -0.05) is 26.8 Å². The van der Waals surface area contributed by atoms with E-state index in [0.717, 1.165) is 35.2 Å². The highest BCUT2D eigenvalue weighted by molar-refractivity contribution is 5.80. The molecule has 182 valence electrons. The molecule has 1 aliphatic rings. The van der Waals surface area contributed by atoms with E-state index in [1.54, 1.807) is 27.7 Å². The molecule has 1 amide bonds. The maximum atomic E-state index is 12.3. The lowest BCUT2D eigenvalue weighted by molar-refractivity contribution is 0.0411. The third-order valence-corrected chi connectivity index (χ3v) is 6.58. The molecule has 1 heterocycles. The first-order valence-corrected chi connectivity index (χ1v) is 12.0. The maximum absolute atomic E-state index is 12.3. The molecule has 1 atom stereocenters. The molecule has 2 N–H and O–H groups in total. The van der Waals surface area contributed by atoms with Crippen molar-refractivity contribution in [3.63, 3.8) is 0 Å². The van der Waals surface area contributed by atoms with Gasteiger partial charge in [-0.25, -0.2) is 9.78 Å². The Bertz CT molecular complexity index is 968. The van der Waals surface area contributed by atoms with Crippen molar-refractivity contribution < 1.29 is 19.4 Å². The SMILES string of the molecule is CC(C)(C)OC(=O)N[C@@](C)(CO)c1ccc2nc(OC3CCC(C(C)(C)C)CC3)ccc2c1. The number of rotatable bonds is 5. The lowest BCUT2D eigenvalue weighted by Gasteiger charge is -2.36. The highest BCUT2D eigenvalue weighted by atomic mass is 16.6. The fourth-order valence-electron chi connectivity index (χ4n) is 4.47. The predicted molar refractivity (Wildman–Crippen MR) is 131 cm³/mol. The number of hydrogen-bond acceptors (Lipinski definition) is 5. The molecule has 1 aliphatic carbocycles. The van der Waals surface area contributed by atoms with Gasteiger partial charge in [-0.3, -0.25) is 0 Å². The van der Waals surface area contributed by atoms with E-state index < -0.39 is 17.2 Å². The summed E-state index contributed by atoms with van der Waals surface area (Å²) in [6, 6.07) is 9.60. The van der Waals surface area contributed by atoms with Crippen LogP contribution in [0.5, 0.6) is 5.88 Å². The maximum Gasteiger partial charge on any atom is 0.408 e. The first kappa shape index (κ1) is 25.3. The minimum Gasteiger partial charge on any atom is -0.474 e. The number of carbonyl (C=O) groups excluding carboxylic acids is 1. The van der Waals surface area contributed by atoms with E-state index in [1.807, 2.05) is 30.3 Å². The Morgan fingerprint density at radius 3 is 2.27 bits per heavy atom. The zero-order chi connectivity index (χ0) is 24.4. The van der Waals surface area contributed by atoms with Crippen LogP contribution in [0.3, 0.4) is 0 Å². The fourth-order valence-corrected chi connectivity index (χ4v) is 4.47. The molecule has 1 aromatic carbocycles. The van der Waals surface area contributed by atoms with Crippen molar-refractivity contribution in [3.8, 4) is 5.88 Å². The van der Waals surface area contributed by atoms with Crippen LogP contribution in [-0.4, -0.2) is 34.5 Å². The number of fused-ring (bicyclic) bond motifs is 1. The smallest absolute Gasteiger partial charge is 0.408 e. The molecule has 6 heteroatoms. The number of aromatic nitrogens is 1. The molecular formula is C27H40N2O4. The lowest BCUT2D eigenvalue weighted by Crippen LogP contribution is -2.48. The van der Waals surface area contributed by atoms with Crippen LogP contribution in [-0.2, 0) is 10.3 Å². The Balaban J connectivity index is 1.71. The molecule has 33 heavy (non-hydrogen) atoms. The van der Waals surface area contributed by atoms with Gasteiger partial charge in [-0.05, 0) is 88.5 Å². The number of nitrogens with one attached hydrogen (secondary N) is 1. The number of hydrogen-bond donors (Lipinski definition) is 2. The second-order valence-electron chi connectivity index (χ2n) is 11.6. The van der Waals surface area contributed by atoms with E-state index in [0.29, 0.717) is 11.3 Å². The molecule has 1 saturated carbocycles. The topological polar surface area (TPSA) is 80.7 Å². The molecule has 0 bridgehead atoms. The van der Waals surface area contributed by atoms with Gasteiger partial charge >= 0.3 is 6.09 Å². The van der Waals surface area contributed by atoms with Gasteiger partial charge in [0, 0.05) is 11.5 Å². The van der Waals surface area contributed by atoms with E-state index in [-0.39, 0.29) is 12.7 Å². The van der Waals surface area contributed by atoms with Crippen LogP contribution < -0.4 is 10.1 Å². The molecule has 0 spiro atoms. The normalized spacial score (nSPS) is 21.3. The van der Waals surface area contributed by atoms with Gasteiger partial charge in [0.25, 0.3) is 0 Å². The van der Waals surface area contributed by atoms with E-state index in [2.05, 4.69) is 26.1 Å². The molecule has 1 aromatic heterocycles. The summed E-state index contributed by atoms with van der Waals surface area (Å²) in [5.41, 5.74) is 0.357. The van der Waals surface area contributed by atoms with Gasteiger partial charge < -0.3 is 19.9 Å². The Labute approximate surface area is 198 Å². The molecule has 2 aromatic rings. The quantitative estimate of drug-likeness (QED) is 0.581. The zero-order valence-electron chi connectivity index (χ0n) is 21.2. The number of aliphatic hydroxyl groups excluding tert-OH is 1. The molecule has 3 rings (SSSR count). The number of ether oxygens (including phenoxy) is 2. The van der Waals surface area contributed by atoms with Crippen molar-refractivity contribution >= 4 is 17.0 Å². The Hall–Kier alpha value is -2.34. The summed E-state index contributed by atoms with van der Waals surface area (Å²) in [5.74, 6) is 1.39. The summed E-state index contributed by atoms with van der Waals surface area (Å²) >= 11 is 0. The van der Waals surface area contributed by atoms with Gasteiger partial charge in [0.1, 0.15) is 11.7 Å². The fraction of sp³-hybridized carbons (Fsp3) is 0.630. The summed E-state index contributed by atoms with van der Waals surface area (Å²) < 4.78 is 11.6. The Kier molecular flexibility index (Phi) is 7.27. The summed E-state index contributed by atoms with van der Waals surface area (Å²) in [7, 11) is 0. The number of amides is 1. The third-order valence-electron chi connectivity index (χ3n) is 6.58. The van der Waals surface area contributed by atoms with E-state index in [1.165, 1.54) is 12.8 Å². The summed E-state index contributed by atoms with van der Waals surface area (Å²) in [6.45, 7) is 13.9. The van der Waals surface area contributed by atoms with E-state index in [9.17, 15) is 9.90 Å². The Morgan fingerprint density at radius 1 is 1.03 bits per heavy atom. The zero-order valence-corrected chi connectivity index (χ0v) is 21.2. The molecule has 6 nitrogen and oxygen atoms in total. The molecule has 0 aliphatic heterocycles. The van der Waals surface area contributed by atoms with Gasteiger partial charge in [-0.15, -0.1) is 0 Å². The molecule has 0 radical (unpaired) electrons. The van der Waals surface area contributed by atoms with E-state index >= 15 is 0 Å². The number of nitrogens with zero attached hydrogens (tertiary/aromatic N) is 1. The van der Waals surface area contributed by atoms with Gasteiger partial charge in [0.05, 0.1) is 17.7 Å². The molecular weight excluding hydrogens is 416 g/mol. The van der Waals surface area contributed by atoms with Crippen LogP contribution in [0, 0.1) is 11.3 Å². The van der Waals surface area contributed by atoms with Crippen molar-refractivity contribution in [2.75, 3.05) is 6.61 Å². The highest BCUT2D eigenvalue weighted by Gasteiger charge is 2.32. The lowest BCUT2D eigenvalue weighted by atomic mass is 9.72. The van der Waals surface area contributed by atoms with Gasteiger partial charge in [0.15, 0.2) is 0 Å². The molecule has 0 saturated heterocycles. The number of pyridine rings is 1. The van der Waals surface area contributed by atoms with E-state index in [4.69, 9.17) is 14.5 Å². The Morgan fingerprint density at radius 2 is 1.70 bits per heavy atom. The highest BCUT2D eigenvalue weighted by Crippen LogP contribution is 2.38. The van der Waals surface area contributed by atoms with Crippen LogP contribution in [0.15, 0.2) is 30.3 Å². The van der Waals surface area contributed by atoms with Crippen LogP contribution in [0.2, 0.25) is 0 Å². The summed E-state index contributed by atoms with van der Waals surface area (Å²) in [6.07, 6.45) is 4.15. The first-order valence-electron chi connectivity index (χ1n) is 12.0. The number of aliphatic hydroxyl groups is 1. The molecule has 0 unspecified atom stereocenters.